The van der Waals surface area contributed by atoms with Crippen LogP contribution in [0, 0.1) is 0 Å². The molecule has 0 spiro atoms. The van der Waals surface area contributed by atoms with Gasteiger partial charge in [0.2, 0.25) is 0 Å². The van der Waals surface area contributed by atoms with E-state index in [0.29, 0.717) is 19.4 Å². The molecule has 0 amide bonds. The van der Waals surface area contributed by atoms with E-state index >= 15 is 0 Å². The molecule has 0 aliphatic heterocycles. The number of unbranched alkanes of at least 4 members (excludes halogenated alkanes) is 4. The summed E-state index contributed by atoms with van der Waals surface area (Å²) in [5.74, 6) is 1.03. The fourth-order valence-electron chi connectivity index (χ4n) is 3.91. The van der Waals surface area contributed by atoms with Gasteiger partial charge in [-0.15, -0.1) is 0 Å². The normalized spacial score (nSPS) is 11.5. The molecule has 37 heavy (non-hydrogen) atoms. The number of esters is 1. The molecule has 1 unspecified atom stereocenters. The minimum atomic E-state index is -0.834. The maximum absolute atomic E-state index is 11.2. The number of carbonyl (C=O) groups excluding carboxylic acids is 1. The molecule has 2 aromatic carbocycles. The van der Waals surface area contributed by atoms with Crippen molar-refractivity contribution in [1.29, 1.82) is 0 Å². The van der Waals surface area contributed by atoms with Crippen molar-refractivity contribution in [2.75, 3.05) is 26.9 Å². The second kappa shape index (κ2) is 17.4. The summed E-state index contributed by atoms with van der Waals surface area (Å²) >= 11 is 0. The van der Waals surface area contributed by atoms with Gasteiger partial charge in [0.15, 0.2) is 6.29 Å². The average molecular weight is 511 g/mol. The molecular formula is C31H42O6. The number of aliphatic hydroxyl groups is 1. The van der Waals surface area contributed by atoms with Crippen LogP contribution in [0.4, 0.5) is 0 Å². The van der Waals surface area contributed by atoms with E-state index in [1.807, 2.05) is 30.3 Å². The van der Waals surface area contributed by atoms with Crippen LogP contribution in [0.25, 0.3) is 11.1 Å². The lowest BCUT2D eigenvalue weighted by molar-refractivity contribution is -0.138. The number of carbonyl (C=O) groups is 1. The molecule has 2 rings (SSSR count). The van der Waals surface area contributed by atoms with Gasteiger partial charge in [-0.25, -0.2) is 4.79 Å². The summed E-state index contributed by atoms with van der Waals surface area (Å²) in [6.07, 6.45) is 8.42. The third-order valence-corrected chi connectivity index (χ3v) is 6.00. The molecule has 0 radical (unpaired) electrons. The van der Waals surface area contributed by atoms with Gasteiger partial charge in [0, 0.05) is 26.0 Å². The first kappa shape index (κ1) is 30.1. The minimum absolute atomic E-state index is 0.162. The molecule has 0 fully saturated rings. The molecule has 2 aromatic rings. The van der Waals surface area contributed by atoms with Crippen LogP contribution in [-0.2, 0) is 20.7 Å². The monoisotopic (exact) mass is 510 g/mol. The zero-order valence-corrected chi connectivity index (χ0v) is 22.4. The Labute approximate surface area is 221 Å². The minimum Gasteiger partial charge on any atom is -0.493 e. The quantitative estimate of drug-likeness (QED) is 0.0749. The topological polar surface area (TPSA) is 74.2 Å². The molecule has 1 N–H and O–H groups in total. The SMILES string of the molecule is C=CC(=O)OCCOc1ccc(CCCCCCC)c(-c2cccc(OCCC(=C)CC(O)OC)c2)c1. The van der Waals surface area contributed by atoms with Crippen LogP contribution in [0.15, 0.2) is 67.3 Å². The molecule has 0 aliphatic carbocycles. The van der Waals surface area contributed by atoms with Gasteiger partial charge < -0.3 is 24.1 Å². The molecule has 0 aliphatic rings. The first-order valence-electron chi connectivity index (χ1n) is 13.1. The smallest absolute Gasteiger partial charge is 0.330 e. The van der Waals surface area contributed by atoms with Crippen molar-refractivity contribution in [1.82, 2.24) is 0 Å². The van der Waals surface area contributed by atoms with Gasteiger partial charge in [-0.3, -0.25) is 0 Å². The van der Waals surface area contributed by atoms with E-state index in [9.17, 15) is 9.90 Å². The molecule has 6 heteroatoms. The van der Waals surface area contributed by atoms with Crippen LogP contribution in [0.1, 0.15) is 57.4 Å². The van der Waals surface area contributed by atoms with Crippen molar-refractivity contribution in [3.8, 4) is 22.6 Å². The summed E-state index contributed by atoms with van der Waals surface area (Å²) in [6, 6.07) is 14.2. The van der Waals surface area contributed by atoms with E-state index in [0.717, 1.165) is 47.1 Å². The average Bonchev–Trinajstić information content (AvgIpc) is 2.91. The lowest BCUT2D eigenvalue weighted by Gasteiger charge is -2.15. The van der Waals surface area contributed by atoms with Gasteiger partial charge >= 0.3 is 5.97 Å². The highest BCUT2D eigenvalue weighted by atomic mass is 16.6. The number of benzene rings is 2. The van der Waals surface area contributed by atoms with Gasteiger partial charge in [0.05, 0.1) is 6.61 Å². The highest BCUT2D eigenvalue weighted by Crippen LogP contribution is 2.32. The Hall–Kier alpha value is -3.09. The molecular weight excluding hydrogens is 468 g/mol. The highest BCUT2D eigenvalue weighted by molar-refractivity contribution is 5.81. The van der Waals surface area contributed by atoms with Gasteiger partial charge in [-0.2, -0.15) is 0 Å². The summed E-state index contributed by atoms with van der Waals surface area (Å²) in [5.41, 5.74) is 4.30. The summed E-state index contributed by atoms with van der Waals surface area (Å²) in [5, 5.41) is 9.60. The van der Waals surface area contributed by atoms with Crippen LogP contribution < -0.4 is 9.47 Å². The zero-order valence-electron chi connectivity index (χ0n) is 22.4. The third kappa shape index (κ3) is 11.7. The zero-order chi connectivity index (χ0) is 26.9. The van der Waals surface area contributed by atoms with E-state index in [2.05, 4.69) is 32.2 Å². The molecule has 1 atom stereocenters. The number of hydrogen-bond donors (Lipinski definition) is 1. The Kier molecular flexibility index (Phi) is 14.2. The molecule has 202 valence electrons. The largest absolute Gasteiger partial charge is 0.493 e. The lowest BCUT2D eigenvalue weighted by Crippen LogP contribution is -2.10. The number of ether oxygens (including phenoxy) is 4. The number of aryl methyl sites for hydroxylation is 1. The number of rotatable bonds is 19. The summed E-state index contributed by atoms with van der Waals surface area (Å²) in [7, 11) is 1.47. The van der Waals surface area contributed by atoms with Crippen LogP contribution in [0.2, 0.25) is 0 Å². The number of aliphatic hydroxyl groups excluding tert-OH is 1. The fraction of sp³-hybridized carbons (Fsp3) is 0.452. The van der Waals surface area contributed by atoms with Gasteiger partial charge in [-0.1, -0.05) is 69.5 Å². The van der Waals surface area contributed by atoms with E-state index in [4.69, 9.17) is 18.9 Å². The van der Waals surface area contributed by atoms with Crippen molar-refractivity contribution in [2.45, 2.75) is 64.6 Å². The summed E-state index contributed by atoms with van der Waals surface area (Å²) < 4.78 is 21.7. The first-order chi connectivity index (χ1) is 18.0. The Morgan fingerprint density at radius 1 is 1.00 bits per heavy atom. The fourth-order valence-corrected chi connectivity index (χ4v) is 3.91. The van der Waals surface area contributed by atoms with E-state index in [1.165, 1.54) is 38.4 Å². The van der Waals surface area contributed by atoms with E-state index in [1.54, 1.807) is 0 Å². The van der Waals surface area contributed by atoms with Crippen molar-refractivity contribution in [3.63, 3.8) is 0 Å². The Morgan fingerprint density at radius 2 is 1.76 bits per heavy atom. The predicted octanol–water partition coefficient (Wildman–Crippen LogP) is 6.65. The van der Waals surface area contributed by atoms with Crippen LogP contribution in [-0.4, -0.2) is 44.3 Å². The number of methoxy groups -OCH3 is 1. The Balaban J connectivity index is 2.10. The number of hydrogen-bond acceptors (Lipinski definition) is 6. The van der Waals surface area contributed by atoms with Crippen molar-refractivity contribution in [3.05, 3.63) is 72.8 Å². The Bertz CT molecular complexity index is 983. The van der Waals surface area contributed by atoms with Crippen LogP contribution in [0.3, 0.4) is 0 Å². The lowest BCUT2D eigenvalue weighted by atomic mass is 9.95. The van der Waals surface area contributed by atoms with E-state index < -0.39 is 12.3 Å². The van der Waals surface area contributed by atoms with Crippen LogP contribution >= 0.6 is 0 Å². The van der Waals surface area contributed by atoms with Gasteiger partial charge in [0.25, 0.3) is 0 Å². The maximum Gasteiger partial charge on any atom is 0.330 e. The Morgan fingerprint density at radius 3 is 2.51 bits per heavy atom. The summed E-state index contributed by atoms with van der Waals surface area (Å²) in [6.45, 7) is 10.5. The second-order valence-corrected chi connectivity index (χ2v) is 8.97. The van der Waals surface area contributed by atoms with Crippen molar-refractivity contribution >= 4 is 5.97 Å². The van der Waals surface area contributed by atoms with Crippen molar-refractivity contribution < 1.29 is 28.8 Å². The standard InChI is InChI=1S/C31H42O6/c1-5-7-8-9-10-12-25-15-16-28(36-19-20-37-30(32)6-2)23-29(25)26-13-11-14-27(22-26)35-18-17-24(3)21-31(33)34-4/h6,11,13-16,22-23,31,33H,2-3,5,7-10,12,17-21H2,1,4H3. The molecule has 0 heterocycles. The molecule has 0 aromatic heterocycles. The molecule has 0 saturated carbocycles. The predicted molar refractivity (Wildman–Crippen MR) is 148 cm³/mol. The summed E-state index contributed by atoms with van der Waals surface area (Å²) in [4.78, 5) is 11.2. The van der Waals surface area contributed by atoms with Crippen LogP contribution in [0.5, 0.6) is 11.5 Å². The third-order valence-electron chi connectivity index (χ3n) is 6.00. The molecule has 0 bridgehead atoms. The van der Waals surface area contributed by atoms with Crippen molar-refractivity contribution in [2.24, 2.45) is 0 Å². The highest BCUT2D eigenvalue weighted by Gasteiger charge is 2.10. The molecule has 6 nitrogen and oxygen atoms in total. The maximum atomic E-state index is 11.2. The van der Waals surface area contributed by atoms with Gasteiger partial charge in [0.1, 0.15) is 24.7 Å². The first-order valence-corrected chi connectivity index (χ1v) is 13.1. The second-order valence-electron chi connectivity index (χ2n) is 8.97. The van der Waals surface area contributed by atoms with E-state index in [-0.39, 0.29) is 13.2 Å². The van der Waals surface area contributed by atoms with Gasteiger partial charge in [-0.05, 0) is 53.8 Å². The molecule has 0 saturated heterocycles.